The average molecular weight is 574 g/mol. The highest BCUT2D eigenvalue weighted by Crippen LogP contribution is 2.32. The topological polar surface area (TPSA) is 39.9 Å². The summed E-state index contributed by atoms with van der Waals surface area (Å²) in [4.78, 5) is 15.3. The van der Waals surface area contributed by atoms with E-state index in [0.717, 1.165) is 0 Å². The normalized spacial score (nSPS) is 10.0. The van der Waals surface area contributed by atoms with Gasteiger partial charge in [0.05, 0.1) is 11.6 Å². The Morgan fingerprint density at radius 2 is 1.83 bits per heavy atom. The lowest BCUT2D eigenvalue weighted by Crippen LogP contribution is -2.18. The van der Waals surface area contributed by atoms with E-state index in [2.05, 4.69) is 4.85 Å². The minimum Gasteiger partial charge on any atom is -0.480 e. The van der Waals surface area contributed by atoms with Gasteiger partial charge in [-0.1, -0.05) is 23.2 Å². The first kappa shape index (κ1) is 18.6. The van der Waals surface area contributed by atoms with E-state index in [1.807, 2.05) is 45.2 Å². The zero-order chi connectivity index (χ0) is 17.0. The minimum absolute atomic E-state index is 0.294. The number of nitrogens with zero attached hydrogens (tertiary/aromatic N) is 1. The van der Waals surface area contributed by atoms with Crippen LogP contribution < -0.4 is 9.47 Å². The molecule has 0 aromatic heterocycles. The van der Waals surface area contributed by atoms with Crippen molar-refractivity contribution in [3.63, 3.8) is 0 Å². The summed E-state index contributed by atoms with van der Waals surface area (Å²) < 4.78 is 12.0. The Labute approximate surface area is 170 Å². The van der Waals surface area contributed by atoms with Crippen molar-refractivity contribution in [2.24, 2.45) is 0 Å². The van der Waals surface area contributed by atoms with Crippen LogP contribution in [0, 0.1) is 13.7 Å². The number of benzene rings is 2. The molecule has 0 spiro atoms. The number of hydrogen-bond donors (Lipinski definition) is 0. The number of esters is 1. The van der Waals surface area contributed by atoms with Crippen molar-refractivity contribution in [3.8, 4) is 11.5 Å². The third kappa shape index (κ3) is 5.11. The monoisotopic (exact) mass is 573 g/mol. The average Bonchev–Trinajstić information content (AvgIpc) is 2.49. The second kappa shape index (κ2) is 8.37. The number of carbonyl (C=O) groups is 1. The highest BCUT2D eigenvalue weighted by atomic mass is 127. The molecule has 2 aromatic carbocycles. The number of rotatable bonds is 4. The van der Waals surface area contributed by atoms with Crippen LogP contribution in [0.5, 0.6) is 11.5 Å². The Morgan fingerprint density at radius 1 is 1.17 bits per heavy atom. The summed E-state index contributed by atoms with van der Waals surface area (Å²) in [5.41, 5.74) is 0.489. The van der Waals surface area contributed by atoms with Crippen molar-refractivity contribution < 1.29 is 14.3 Å². The number of ether oxygens (including phenoxy) is 2. The lowest BCUT2D eigenvalue weighted by atomic mass is 10.3. The third-order valence-corrected chi connectivity index (χ3v) is 4.70. The zero-order valence-electron chi connectivity index (χ0n) is 11.3. The van der Waals surface area contributed by atoms with Gasteiger partial charge in [0.2, 0.25) is 0 Å². The van der Waals surface area contributed by atoms with Crippen molar-refractivity contribution in [2.45, 2.75) is 0 Å². The molecule has 0 N–H and O–H groups in total. The van der Waals surface area contributed by atoms with Gasteiger partial charge in [-0.15, -0.1) is 0 Å². The predicted octanol–water partition coefficient (Wildman–Crippen LogP) is 5.74. The fraction of sp³-hybridized carbons (Fsp3) is 0.0667. The van der Waals surface area contributed by atoms with Gasteiger partial charge in [-0.05, 0) is 75.5 Å². The maximum absolute atomic E-state index is 11.9. The van der Waals surface area contributed by atoms with E-state index in [-0.39, 0.29) is 6.61 Å². The largest absolute Gasteiger partial charge is 0.480 e. The van der Waals surface area contributed by atoms with E-state index in [1.165, 1.54) is 6.07 Å². The van der Waals surface area contributed by atoms with Crippen molar-refractivity contribution in [1.82, 2.24) is 0 Å². The predicted molar refractivity (Wildman–Crippen MR) is 106 cm³/mol. The van der Waals surface area contributed by atoms with E-state index in [0.29, 0.717) is 34.4 Å². The van der Waals surface area contributed by atoms with Crippen LogP contribution in [0.3, 0.4) is 0 Å². The molecule has 0 radical (unpaired) electrons. The van der Waals surface area contributed by atoms with E-state index >= 15 is 0 Å². The maximum Gasteiger partial charge on any atom is 0.349 e. The van der Waals surface area contributed by atoms with Crippen LogP contribution in [0.15, 0.2) is 30.3 Å². The molecule has 0 aliphatic rings. The summed E-state index contributed by atoms with van der Waals surface area (Å²) in [7, 11) is 0. The van der Waals surface area contributed by atoms with E-state index in [1.54, 1.807) is 24.3 Å². The molecule has 0 atom stereocenters. The Kier molecular flexibility index (Phi) is 6.76. The molecule has 0 saturated heterocycles. The molecule has 0 amide bonds. The first-order chi connectivity index (χ1) is 10.9. The summed E-state index contributed by atoms with van der Waals surface area (Å²) in [6.07, 6.45) is 0. The standard InChI is InChI=1S/C15H7Cl2I2NO3/c1-20-9-5-11(18)15(12(19)6-9)23-14(21)7-22-13-3-2-8(16)4-10(13)17/h2-6H,7H2. The van der Waals surface area contributed by atoms with Crippen LogP contribution in [-0.2, 0) is 4.79 Å². The molecule has 0 heterocycles. The van der Waals surface area contributed by atoms with Crippen molar-refractivity contribution in [1.29, 1.82) is 0 Å². The Morgan fingerprint density at radius 3 is 2.39 bits per heavy atom. The number of hydrogen-bond acceptors (Lipinski definition) is 3. The molecule has 23 heavy (non-hydrogen) atoms. The maximum atomic E-state index is 11.9. The quantitative estimate of drug-likeness (QED) is 0.203. The van der Waals surface area contributed by atoms with Gasteiger partial charge in [0.1, 0.15) is 5.75 Å². The highest BCUT2D eigenvalue weighted by molar-refractivity contribution is 14.1. The van der Waals surface area contributed by atoms with Crippen LogP contribution in [0.25, 0.3) is 4.85 Å². The van der Waals surface area contributed by atoms with Gasteiger partial charge in [-0.2, -0.15) is 0 Å². The Balaban J connectivity index is 2.04. The molecule has 4 nitrogen and oxygen atoms in total. The van der Waals surface area contributed by atoms with Crippen LogP contribution in [0.4, 0.5) is 5.69 Å². The van der Waals surface area contributed by atoms with Crippen molar-refractivity contribution >= 4 is 80.0 Å². The SMILES string of the molecule is [C-]#[N+]c1cc(I)c(OC(=O)COc2ccc(Cl)cc2Cl)c(I)c1. The minimum atomic E-state index is -0.567. The number of halogens is 4. The van der Waals surface area contributed by atoms with Crippen LogP contribution in [0.1, 0.15) is 0 Å². The third-order valence-electron chi connectivity index (χ3n) is 2.57. The summed E-state index contributed by atoms with van der Waals surface area (Å²) in [5, 5.41) is 0.796. The fourth-order valence-electron chi connectivity index (χ4n) is 1.58. The van der Waals surface area contributed by atoms with Gasteiger partial charge in [-0.3, -0.25) is 0 Å². The van der Waals surface area contributed by atoms with Gasteiger partial charge in [0.15, 0.2) is 18.0 Å². The molecule has 2 rings (SSSR count). The molecule has 0 aliphatic heterocycles. The molecular weight excluding hydrogens is 567 g/mol. The summed E-state index contributed by atoms with van der Waals surface area (Å²) in [6, 6.07) is 8.02. The molecule has 0 fully saturated rings. The highest BCUT2D eigenvalue weighted by Gasteiger charge is 2.14. The van der Waals surface area contributed by atoms with E-state index < -0.39 is 5.97 Å². The molecule has 0 saturated carbocycles. The van der Waals surface area contributed by atoms with Crippen molar-refractivity contribution in [3.05, 3.63) is 58.9 Å². The Hall–Kier alpha value is -0.760. The van der Waals surface area contributed by atoms with Crippen LogP contribution >= 0.6 is 68.4 Å². The van der Waals surface area contributed by atoms with Gasteiger partial charge in [-0.25, -0.2) is 9.64 Å². The van der Waals surface area contributed by atoms with Gasteiger partial charge < -0.3 is 9.47 Å². The van der Waals surface area contributed by atoms with E-state index in [4.69, 9.17) is 39.2 Å². The molecule has 0 bridgehead atoms. The van der Waals surface area contributed by atoms with Gasteiger partial charge in [0, 0.05) is 12.2 Å². The summed E-state index contributed by atoms with van der Waals surface area (Å²) >= 11 is 15.8. The smallest absolute Gasteiger partial charge is 0.349 e. The molecule has 118 valence electrons. The fourth-order valence-corrected chi connectivity index (χ4v) is 4.00. The second-order valence-corrected chi connectivity index (χ2v) is 7.36. The lowest BCUT2D eigenvalue weighted by molar-refractivity contribution is -0.136. The van der Waals surface area contributed by atoms with Crippen molar-refractivity contribution in [2.75, 3.05) is 6.61 Å². The lowest BCUT2D eigenvalue weighted by Gasteiger charge is -2.11. The first-order valence-electron chi connectivity index (χ1n) is 6.05. The van der Waals surface area contributed by atoms with Crippen LogP contribution in [0.2, 0.25) is 10.0 Å². The molecular formula is C15H7Cl2I2NO3. The molecule has 0 unspecified atom stereocenters. The first-order valence-corrected chi connectivity index (χ1v) is 8.97. The van der Waals surface area contributed by atoms with Crippen LogP contribution in [-0.4, -0.2) is 12.6 Å². The zero-order valence-corrected chi connectivity index (χ0v) is 17.1. The Bertz CT molecular complexity index is 783. The molecule has 2 aromatic rings. The molecule has 8 heteroatoms. The summed E-state index contributed by atoms with van der Waals surface area (Å²) in [5.74, 6) is 0.192. The summed E-state index contributed by atoms with van der Waals surface area (Å²) in [6.45, 7) is 6.72. The second-order valence-electron chi connectivity index (χ2n) is 4.19. The number of carbonyl (C=O) groups excluding carboxylic acids is 1. The van der Waals surface area contributed by atoms with Gasteiger partial charge >= 0.3 is 5.97 Å². The van der Waals surface area contributed by atoms with Gasteiger partial charge in [0.25, 0.3) is 0 Å². The van der Waals surface area contributed by atoms with E-state index in [9.17, 15) is 4.79 Å². The molecule has 0 aliphatic carbocycles.